The molecule has 1 heterocycles. The minimum Gasteiger partial charge on any atom is -0.508 e. The van der Waals surface area contributed by atoms with Crippen molar-refractivity contribution < 1.29 is 14.3 Å². The largest absolute Gasteiger partial charge is 0.508 e. The number of carbonyl (C=O) groups is 1. The molecular formula is C23H17FN4O2S. The van der Waals surface area contributed by atoms with Gasteiger partial charge in [0.1, 0.15) is 22.3 Å². The molecular weight excluding hydrogens is 415 g/mol. The van der Waals surface area contributed by atoms with Crippen LogP contribution in [-0.4, -0.2) is 22.2 Å². The quantitative estimate of drug-likeness (QED) is 0.283. The van der Waals surface area contributed by atoms with Crippen molar-refractivity contribution in [3.8, 4) is 17.0 Å². The lowest BCUT2D eigenvalue weighted by atomic mass is 10.1. The zero-order valence-corrected chi connectivity index (χ0v) is 16.9. The van der Waals surface area contributed by atoms with Gasteiger partial charge in [0.2, 0.25) is 5.13 Å². The van der Waals surface area contributed by atoms with E-state index in [0.29, 0.717) is 27.0 Å². The van der Waals surface area contributed by atoms with E-state index in [4.69, 9.17) is 0 Å². The zero-order chi connectivity index (χ0) is 21.6. The first-order valence-electron chi connectivity index (χ1n) is 9.30. The normalized spacial score (nSPS) is 10.9. The first-order valence-corrected chi connectivity index (χ1v) is 10.1. The second-order valence-corrected chi connectivity index (χ2v) is 7.48. The summed E-state index contributed by atoms with van der Waals surface area (Å²) in [5.41, 5.74) is 5.33. The van der Waals surface area contributed by atoms with Crippen LogP contribution >= 0.6 is 11.3 Å². The lowest BCUT2D eigenvalue weighted by Crippen LogP contribution is -2.11. The SMILES string of the molecule is O=C(Nc1sc(N/N=C\c2ccc(O)cc2)nc1-c1ccc(F)cc1)c1ccccc1. The number of hydrogen-bond acceptors (Lipinski definition) is 6. The van der Waals surface area contributed by atoms with Gasteiger partial charge in [-0.1, -0.05) is 29.5 Å². The molecule has 0 aliphatic rings. The van der Waals surface area contributed by atoms with Crippen molar-refractivity contribution in [3.05, 3.63) is 95.8 Å². The Labute approximate surface area is 181 Å². The summed E-state index contributed by atoms with van der Waals surface area (Å²) in [6.45, 7) is 0. The van der Waals surface area contributed by atoms with Gasteiger partial charge in [-0.15, -0.1) is 0 Å². The molecule has 1 amide bonds. The van der Waals surface area contributed by atoms with Gasteiger partial charge >= 0.3 is 0 Å². The molecule has 8 heteroatoms. The molecule has 3 N–H and O–H groups in total. The van der Waals surface area contributed by atoms with Crippen LogP contribution in [0.1, 0.15) is 15.9 Å². The van der Waals surface area contributed by atoms with E-state index in [2.05, 4.69) is 20.8 Å². The summed E-state index contributed by atoms with van der Waals surface area (Å²) < 4.78 is 13.4. The lowest BCUT2D eigenvalue weighted by molar-refractivity contribution is 0.102. The summed E-state index contributed by atoms with van der Waals surface area (Å²) in [5, 5.41) is 17.4. The van der Waals surface area contributed by atoms with Crippen molar-refractivity contribution in [1.29, 1.82) is 0 Å². The van der Waals surface area contributed by atoms with Crippen molar-refractivity contribution >= 4 is 33.6 Å². The zero-order valence-electron chi connectivity index (χ0n) is 16.1. The third-order valence-electron chi connectivity index (χ3n) is 4.27. The van der Waals surface area contributed by atoms with Crippen LogP contribution in [-0.2, 0) is 0 Å². The van der Waals surface area contributed by atoms with Gasteiger partial charge in [0.15, 0.2) is 0 Å². The second-order valence-electron chi connectivity index (χ2n) is 6.49. The fourth-order valence-electron chi connectivity index (χ4n) is 2.74. The Kier molecular flexibility index (Phi) is 6.00. The van der Waals surface area contributed by atoms with Gasteiger partial charge in [0.25, 0.3) is 5.91 Å². The fraction of sp³-hybridized carbons (Fsp3) is 0. The number of rotatable bonds is 6. The number of hydrogen-bond donors (Lipinski definition) is 3. The van der Waals surface area contributed by atoms with E-state index in [0.717, 1.165) is 5.56 Å². The van der Waals surface area contributed by atoms with E-state index in [9.17, 15) is 14.3 Å². The van der Waals surface area contributed by atoms with Crippen molar-refractivity contribution in [2.75, 3.05) is 10.7 Å². The molecule has 0 unspecified atom stereocenters. The molecule has 0 fully saturated rings. The number of phenols is 1. The third-order valence-corrected chi connectivity index (χ3v) is 5.15. The van der Waals surface area contributed by atoms with E-state index in [1.807, 2.05) is 6.07 Å². The van der Waals surface area contributed by atoms with Gasteiger partial charge in [0, 0.05) is 11.1 Å². The molecule has 4 rings (SSSR count). The minimum atomic E-state index is -0.356. The second kappa shape index (κ2) is 9.19. The molecule has 0 aliphatic heterocycles. The van der Waals surface area contributed by atoms with Gasteiger partial charge in [-0.2, -0.15) is 5.10 Å². The predicted molar refractivity (Wildman–Crippen MR) is 121 cm³/mol. The number of benzene rings is 3. The van der Waals surface area contributed by atoms with Gasteiger partial charge in [-0.3, -0.25) is 10.2 Å². The maximum Gasteiger partial charge on any atom is 0.256 e. The minimum absolute atomic E-state index is 0.174. The molecule has 31 heavy (non-hydrogen) atoms. The summed E-state index contributed by atoms with van der Waals surface area (Å²) in [5.74, 6) is -0.453. The third kappa shape index (κ3) is 5.12. The molecule has 0 bridgehead atoms. The summed E-state index contributed by atoms with van der Waals surface area (Å²) >= 11 is 1.22. The van der Waals surface area contributed by atoms with Crippen molar-refractivity contribution in [2.24, 2.45) is 5.10 Å². The Morgan fingerprint density at radius 1 is 1.00 bits per heavy atom. The maximum absolute atomic E-state index is 13.4. The average molecular weight is 432 g/mol. The van der Waals surface area contributed by atoms with Crippen molar-refractivity contribution in [2.45, 2.75) is 0 Å². The molecule has 3 aromatic carbocycles. The van der Waals surface area contributed by atoms with Crippen LogP contribution < -0.4 is 10.7 Å². The standard InChI is InChI=1S/C23H17FN4O2S/c24-18-10-8-16(9-11-18)20-22(27-21(30)17-4-2-1-3-5-17)31-23(26-20)28-25-14-15-6-12-19(29)13-7-15/h1-14,29H,(H,26,28)(H,27,30)/b25-14-. The van der Waals surface area contributed by atoms with E-state index in [1.54, 1.807) is 66.9 Å². The molecule has 0 aliphatic carbocycles. The molecule has 6 nitrogen and oxygen atoms in total. The fourth-order valence-corrected chi connectivity index (χ4v) is 3.58. The Bertz CT molecular complexity index is 1210. The topological polar surface area (TPSA) is 86.6 Å². The number of halogens is 1. The van der Waals surface area contributed by atoms with Gasteiger partial charge in [-0.25, -0.2) is 9.37 Å². The van der Waals surface area contributed by atoms with Gasteiger partial charge in [-0.05, 0) is 66.2 Å². The number of carbonyl (C=O) groups excluding carboxylic acids is 1. The molecule has 1 aromatic heterocycles. The monoisotopic (exact) mass is 432 g/mol. The van der Waals surface area contributed by atoms with Crippen LogP contribution in [0.5, 0.6) is 5.75 Å². The number of nitrogens with zero attached hydrogens (tertiary/aromatic N) is 2. The molecule has 0 saturated carbocycles. The Balaban J connectivity index is 1.59. The molecule has 0 spiro atoms. The van der Waals surface area contributed by atoms with Crippen LogP contribution in [0.3, 0.4) is 0 Å². The molecule has 4 aromatic rings. The average Bonchev–Trinajstić information content (AvgIpc) is 3.18. The highest BCUT2D eigenvalue weighted by molar-refractivity contribution is 7.20. The van der Waals surface area contributed by atoms with Gasteiger partial charge in [0.05, 0.1) is 6.21 Å². The van der Waals surface area contributed by atoms with Crippen LogP contribution in [0.4, 0.5) is 14.5 Å². The van der Waals surface area contributed by atoms with E-state index < -0.39 is 0 Å². The highest BCUT2D eigenvalue weighted by Crippen LogP contribution is 2.36. The van der Waals surface area contributed by atoms with Crippen LogP contribution in [0, 0.1) is 5.82 Å². The summed E-state index contributed by atoms with van der Waals surface area (Å²) in [6, 6.07) is 21.3. The lowest BCUT2D eigenvalue weighted by Gasteiger charge is -2.05. The van der Waals surface area contributed by atoms with Crippen LogP contribution in [0.25, 0.3) is 11.3 Å². The highest BCUT2D eigenvalue weighted by Gasteiger charge is 2.16. The van der Waals surface area contributed by atoms with Crippen molar-refractivity contribution in [1.82, 2.24) is 4.98 Å². The smallest absolute Gasteiger partial charge is 0.256 e. The first kappa shape index (κ1) is 20.2. The van der Waals surface area contributed by atoms with E-state index >= 15 is 0 Å². The van der Waals surface area contributed by atoms with E-state index in [1.165, 1.54) is 23.5 Å². The molecule has 0 radical (unpaired) electrons. The number of amides is 1. The summed E-state index contributed by atoms with van der Waals surface area (Å²) in [4.78, 5) is 17.1. The highest BCUT2D eigenvalue weighted by atomic mass is 32.1. The number of hydrazone groups is 1. The molecule has 0 atom stereocenters. The van der Waals surface area contributed by atoms with Gasteiger partial charge < -0.3 is 10.4 Å². The van der Waals surface area contributed by atoms with E-state index in [-0.39, 0.29) is 17.5 Å². The van der Waals surface area contributed by atoms with Crippen LogP contribution in [0.2, 0.25) is 0 Å². The number of aromatic nitrogens is 1. The number of phenolic OH excluding ortho intramolecular Hbond substituents is 1. The van der Waals surface area contributed by atoms with Crippen LogP contribution in [0.15, 0.2) is 84.0 Å². The number of nitrogens with one attached hydrogen (secondary N) is 2. The van der Waals surface area contributed by atoms with Crippen molar-refractivity contribution in [3.63, 3.8) is 0 Å². The predicted octanol–water partition coefficient (Wildman–Crippen LogP) is 5.35. The summed E-state index contributed by atoms with van der Waals surface area (Å²) in [6.07, 6.45) is 1.58. The number of thiazole rings is 1. The number of anilines is 2. The molecule has 154 valence electrons. The Morgan fingerprint density at radius 2 is 1.71 bits per heavy atom. The molecule has 0 saturated heterocycles. The maximum atomic E-state index is 13.4. The first-order chi connectivity index (χ1) is 15.1. The summed E-state index contributed by atoms with van der Waals surface area (Å²) in [7, 11) is 0. The Morgan fingerprint density at radius 3 is 2.42 bits per heavy atom. The Hall–Kier alpha value is -4.04. The number of aromatic hydroxyl groups is 1.